The number of ether oxygens (including phenoxy) is 1. The number of aliphatic imine (C=N–C) groups is 1. The van der Waals surface area contributed by atoms with Gasteiger partial charge < -0.3 is 15.0 Å². The number of sulfonamides is 1. The van der Waals surface area contributed by atoms with E-state index in [-0.39, 0.29) is 18.5 Å². The van der Waals surface area contributed by atoms with Crippen LogP contribution in [0.15, 0.2) is 16.6 Å². The Morgan fingerprint density at radius 1 is 1.30 bits per heavy atom. The summed E-state index contributed by atoms with van der Waals surface area (Å²) >= 11 is 0. The van der Waals surface area contributed by atoms with Gasteiger partial charge in [-0.05, 0) is 46.5 Å². The minimum absolute atomic E-state index is 0.0500. The van der Waals surface area contributed by atoms with Gasteiger partial charge >= 0.3 is 0 Å². The zero-order valence-electron chi connectivity index (χ0n) is 17.1. The predicted octanol–water partition coefficient (Wildman–Crippen LogP) is 1.82. The first-order chi connectivity index (χ1) is 12.9. The topological polar surface area (TPSA) is 74.2 Å². The quantitative estimate of drug-likeness (QED) is 0.363. The van der Waals surface area contributed by atoms with E-state index >= 15 is 0 Å². The molecule has 7 nitrogen and oxygen atoms in total. The van der Waals surface area contributed by atoms with E-state index in [1.165, 1.54) is 24.8 Å². The Morgan fingerprint density at radius 3 is 2.63 bits per heavy atom. The van der Waals surface area contributed by atoms with Gasteiger partial charge in [-0.15, -0.1) is 0 Å². The number of nitrogens with one attached hydrogen (secondary N) is 1. The van der Waals surface area contributed by atoms with E-state index in [4.69, 9.17) is 9.73 Å². The highest BCUT2D eigenvalue weighted by Gasteiger charge is 2.28. The van der Waals surface area contributed by atoms with Crippen LogP contribution >= 0.6 is 0 Å². The monoisotopic (exact) mass is 400 g/mol. The molecule has 0 bridgehead atoms. The Kier molecular flexibility index (Phi) is 9.05. The summed E-state index contributed by atoms with van der Waals surface area (Å²) in [6.45, 7) is 10.1. The molecule has 0 aromatic heterocycles. The Morgan fingerprint density at radius 2 is 2.04 bits per heavy atom. The Bertz CT molecular complexity index is 608. The van der Waals surface area contributed by atoms with Crippen LogP contribution in [0.25, 0.3) is 0 Å². The van der Waals surface area contributed by atoms with Crippen molar-refractivity contribution in [1.29, 1.82) is 0 Å². The second-order valence-electron chi connectivity index (χ2n) is 7.36. The Hall–Kier alpha value is -1.12. The fraction of sp³-hybridized carbons (Fsp3) is 0.842. The summed E-state index contributed by atoms with van der Waals surface area (Å²) in [5.74, 6) is 0.949. The van der Waals surface area contributed by atoms with Crippen LogP contribution in [-0.4, -0.2) is 81.3 Å². The number of hydrogen-bond acceptors (Lipinski definition) is 4. The van der Waals surface area contributed by atoms with Crippen molar-refractivity contribution >= 4 is 16.0 Å². The van der Waals surface area contributed by atoms with Crippen molar-refractivity contribution in [1.82, 2.24) is 14.5 Å². The first kappa shape index (κ1) is 22.2. The maximum atomic E-state index is 12.5. The molecule has 1 aliphatic heterocycles. The molecule has 0 spiro atoms. The van der Waals surface area contributed by atoms with E-state index in [1.54, 1.807) is 4.31 Å². The highest BCUT2D eigenvalue weighted by Crippen LogP contribution is 2.20. The smallest absolute Gasteiger partial charge is 0.216 e. The summed E-state index contributed by atoms with van der Waals surface area (Å²) in [5, 5.41) is 3.35. The molecule has 0 radical (unpaired) electrons. The lowest BCUT2D eigenvalue weighted by atomic mass is 10.2. The molecule has 1 saturated heterocycles. The Balaban J connectivity index is 1.83. The zero-order valence-corrected chi connectivity index (χ0v) is 17.9. The molecule has 27 heavy (non-hydrogen) atoms. The lowest BCUT2D eigenvalue weighted by molar-refractivity contribution is 0.0904. The molecule has 2 rings (SSSR count). The minimum atomic E-state index is -3.25. The van der Waals surface area contributed by atoms with Gasteiger partial charge in [-0.3, -0.25) is 4.99 Å². The van der Waals surface area contributed by atoms with Crippen molar-refractivity contribution in [2.75, 3.05) is 51.6 Å². The Labute approximate surface area is 164 Å². The largest absolute Gasteiger partial charge is 0.378 e. The van der Waals surface area contributed by atoms with Crippen molar-refractivity contribution in [2.45, 2.75) is 52.6 Å². The molecule has 1 heterocycles. The van der Waals surface area contributed by atoms with E-state index in [1.807, 2.05) is 13.8 Å². The first-order valence-electron chi connectivity index (χ1n) is 10.2. The van der Waals surface area contributed by atoms with Gasteiger partial charge in [-0.2, -0.15) is 4.31 Å². The summed E-state index contributed by atoms with van der Waals surface area (Å²) in [7, 11) is -3.25. The molecule has 0 saturated carbocycles. The third-order valence-corrected chi connectivity index (χ3v) is 6.72. The second-order valence-corrected chi connectivity index (χ2v) is 9.45. The molecule has 0 aromatic carbocycles. The average Bonchev–Trinajstić information content (AvgIpc) is 3.14. The molecule has 0 amide bonds. The maximum absolute atomic E-state index is 12.5. The van der Waals surface area contributed by atoms with E-state index in [0.717, 1.165) is 25.5 Å². The number of piperazine rings is 1. The van der Waals surface area contributed by atoms with Crippen LogP contribution in [0.5, 0.6) is 0 Å². The highest BCUT2D eigenvalue weighted by atomic mass is 32.2. The summed E-state index contributed by atoms with van der Waals surface area (Å²) in [4.78, 5) is 6.93. The SMILES string of the molecule is CCNC(=NCCC1=CCCC1)N1CCN(S(=O)(=O)CCOC(C)C)CC1. The van der Waals surface area contributed by atoms with Crippen molar-refractivity contribution in [3.63, 3.8) is 0 Å². The van der Waals surface area contributed by atoms with Gasteiger partial charge in [-0.25, -0.2) is 8.42 Å². The van der Waals surface area contributed by atoms with Crippen LogP contribution in [0.4, 0.5) is 0 Å². The summed E-state index contributed by atoms with van der Waals surface area (Å²) in [6, 6.07) is 0. The minimum Gasteiger partial charge on any atom is -0.378 e. The van der Waals surface area contributed by atoms with Gasteiger partial charge in [0.1, 0.15) is 0 Å². The second kappa shape index (κ2) is 11.0. The number of rotatable bonds is 9. The third-order valence-electron chi connectivity index (χ3n) is 4.89. The number of allylic oxidation sites excluding steroid dienone is 1. The van der Waals surface area contributed by atoms with Crippen LogP contribution in [-0.2, 0) is 14.8 Å². The summed E-state index contributed by atoms with van der Waals surface area (Å²) < 4.78 is 31.9. The number of nitrogens with zero attached hydrogens (tertiary/aromatic N) is 3. The van der Waals surface area contributed by atoms with Crippen molar-refractivity contribution in [2.24, 2.45) is 4.99 Å². The summed E-state index contributed by atoms with van der Waals surface area (Å²) in [6.07, 6.45) is 7.11. The van der Waals surface area contributed by atoms with Gasteiger partial charge in [0.05, 0.1) is 18.5 Å². The number of guanidine groups is 1. The van der Waals surface area contributed by atoms with E-state index in [2.05, 4.69) is 23.2 Å². The van der Waals surface area contributed by atoms with Gasteiger partial charge in [0, 0.05) is 39.3 Å². The van der Waals surface area contributed by atoms with Crippen molar-refractivity contribution in [3.05, 3.63) is 11.6 Å². The van der Waals surface area contributed by atoms with Gasteiger partial charge in [-0.1, -0.05) is 11.6 Å². The molecule has 2 aliphatic rings. The average molecular weight is 401 g/mol. The predicted molar refractivity (Wildman–Crippen MR) is 111 cm³/mol. The standard InChI is InChI=1S/C19H36N4O3S/c1-4-20-19(21-10-9-18-7-5-6-8-18)22-11-13-23(14-12-22)27(24,25)16-15-26-17(2)3/h7,17H,4-6,8-16H2,1-3H3,(H,20,21). The van der Waals surface area contributed by atoms with Crippen LogP contribution in [0, 0.1) is 0 Å². The van der Waals surface area contributed by atoms with Gasteiger partial charge in [0.15, 0.2) is 5.96 Å². The lowest BCUT2D eigenvalue weighted by Gasteiger charge is -2.36. The molecule has 0 atom stereocenters. The molecule has 0 aromatic rings. The lowest BCUT2D eigenvalue weighted by Crippen LogP contribution is -2.54. The van der Waals surface area contributed by atoms with Crippen LogP contribution < -0.4 is 5.32 Å². The van der Waals surface area contributed by atoms with Crippen molar-refractivity contribution < 1.29 is 13.2 Å². The van der Waals surface area contributed by atoms with Crippen LogP contribution in [0.2, 0.25) is 0 Å². The maximum Gasteiger partial charge on any atom is 0.216 e. The van der Waals surface area contributed by atoms with E-state index in [0.29, 0.717) is 26.2 Å². The molecular formula is C19H36N4O3S. The normalized spacial score (nSPS) is 19.6. The van der Waals surface area contributed by atoms with E-state index < -0.39 is 10.0 Å². The van der Waals surface area contributed by atoms with Gasteiger partial charge in [0.2, 0.25) is 10.0 Å². The molecule has 156 valence electrons. The van der Waals surface area contributed by atoms with Crippen LogP contribution in [0.1, 0.15) is 46.5 Å². The third kappa shape index (κ3) is 7.43. The molecule has 1 aliphatic carbocycles. The highest BCUT2D eigenvalue weighted by molar-refractivity contribution is 7.89. The molecule has 0 unspecified atom stereocenters. The first-order valence-corrected chi connectivity index (χ1v) is 11.8. The molecular weight excluding hydrogens is 364 g/mol. The van der Waals surface area contributed by atoms with E-state index in [9.17, 15) is 8.42 Å². The fourth-order valence-corrected chi connectivity index (χ4v) is 4.68. The molecule has 1 N–H and O–H groups in total. The zero-order chi connectivity index (χ0) is 19.7. The van der Waals surface area contributed by atoms with Gasteiger partial charge in [0.25, 0.3) is 0 Å². The molecule has 1 fully saturated rings. The fourth-order valence-electron chi connectivity index (χ4n) is 3.39. The van der Waals surface area contributed by atoms with Crippen molar-refractivity contribution in [3.8, 4) is 0 Å². The molecule has 8 heteroatoms. The number of hydrogen-bond donors (Lipinski definition) is 1. The summed E-state index contributed by atoms with van der Waals surface area (Å²) in [5.41, 5.74) is 1.52. The van der Waals surface area contributed by atoms with Crippen LogP contribution in [0.3, 0.4) is 0 Å².